The van der Waals surface area contributed by atoms with Crippen molar-refractivity contribution >= 4 is 28.8 Å². The van der Waals surface area contributed by atoms with Crippen molar-refractivity contribution in [3.63, 3.8) is 0 Å². The Morgan fingerprint density at radius 3 is 2.59 bits per heavy atom. The molecule has 9 heteroatoms. The lowest BCUT2D eigenvalue weighted by Gasteiger charge is -2.42. The number of nitrogens with one attached hydrogen (secondary N) is 1. The molecule has 0 amide bonds. The number of aromatic nitrogens is 2. The Morgan fingerprint density at radius 2 is 1.88 bits per heavy atom. The van der Waals surface area contributed by atoms with Crippen molar-refractivity contribution in [1.82, 2.24) is 9.38 Å². The number of carboxylic acid groups (broad SMARTS) is 1. The van der Waals surface area contributed by atoms with Crippen LogP contribution in [0, 0.1) is 32.1 Å². The van der Waals surface area contributed by atoms with Gasteiger partial charge < -0.3 is 20.2 Å². The maximum Gasteiger partial charge on any atom is 0.337 e. The number of carboxylic acids is 1. The number of anilines is 3. The van der Waals surface area contributed by atoms with Crippen LogP contribution in [0.1, 0.15) is 58.1 Å². The number of piperazine rings is 1. The van der Waals surface area contributed by atoms with Crippen molar-refractivity contribution in [1.29, 1.82) is 5.26 Å². The number of rotatable bonds is 6. The van der Waals surface area contributed by atoms with Gasteiger partial charge in [-0.15, -0.1) is 0 Å². The molecular formula is C32H34N6O3. The summed E-state index contributed by atoms with van der Waals surface area (Å²) >= 11 is 0. The highest BCUT2D eigenvalue weighted by Crippen LogP contribution is 2.30. The summed E-state index contributed by atoms with van der Waals surface area (Å²) in [7, 11) is 0. The first-order valence-corrected chi connectivity index (χ1v) is 13.7. The van der Waals surface area contributed by atoms with Crippen LogP contribution in [0.5, 0.6) is 0 Å². The minimum Gasteiger partial charge on any atom is -0.478 e. The van der Waals surface area contributed by atoms with E-state index in [1.54, 1.807) is 34.9 Å². The molecule has 1 aliphatic heterocycles. The number of pyridine rings is 1. The van der Waals surface area contributed by atoms with Gasteiger partial charge in [-0.2, -0.15) is 5.26 Å². The molecule has 5 rings (SSSR count). The Morgan fingerprint density at radius 1 is 1.12 bits per heavy atom. The molecule has 210 valence electrons. The number of para-hydroxylation sites is 1. The maximum atomic E-state index is 13.7. The summed E-state index contributed by atoms with van der Waals surface area (Å²) in [5, 5.41) is 22.6. The Labute approximate surface area is 239 Å². The van der Waals surface area contributed by atoms with E-state index in [4.69, 9.17) is 4.98 Å². The summed E-state index contributed by atoms with van der Waals surface area (Å²) in [5.74, 6) is -0.363. The number of fused-ring (bicyclic) bond motifs is 1. The lowest BCUT2D eigenvalue weighted by molar-refractivity contribution is 0.0698. The molecule has 3 heterocycles. The van der Waals surface area contributed by atoms with Crippen molar-refractivity contribution < 1.29 is 9.90 Å². The van der Waals surface area contributed by atoms with Crippen LogP contribution in [0.15, 0.2) is 59.5 Å². The molecule has 2 N–H and O–H groups in total. The number of nitrogens with zero attached hydrogens (tertiary/aromatic N) is 5. The molecule has 41 heavy (non-hydrogen) atoms. The first-order valence-electron chi connectivity index (χ1n) is 13.7. The molecule has 2 aromatic carbocycles. The maximum absolute atomic E-state index is 13.7. The summed E-state index contributed by atoms with van der Waals surface area (Å²) in [6.45, 7) is 11.8. The van der Waals surface area contributed by atoms with Crippen LogP contribution in [0.25, 0.3) is 5.65 Å². The highest BCUT2D eigenvalue weighted by molar-refractivity contribution is 5.94. The molecule has 0 unspecified atom stereocenters. The van der Waals surface area contributed by atoms with Crippen LogP contribution in [-0.4, -0.2) is 46.1 Å². The highest BCUT2D eigenvalue weighted by atomic mass is 16.4. The van der Waals surface area contributed by atoms with Crippen LogP contribution in [0.2, 0.25) is 0 Å². The van der Waals surface area contributed by atoms with Crippen molar-refractivity contribution in [2.45, 2.75) is 46.7 Å². The zero-order valence-corrected chi connectivity index (χ0v) is 24.0. The highest BCUT2D eigenvalue weighted by Gasteiger charge is 2.29. The molecular weight excluding hydrogens is 516 g/mol. The largest absolute Gasteiger partial charge is 0.478 e. The molecule has 1 aliphatic rings. The summed E-state index contributed by atoms with van der Waals surface area (Å²) in [6.07, 6.45) is 1.80. The van der Waals surface area contributed by atoms with Gasteiger partial charge in [0.25, 0.3) is 5.56 Å². The van der Waals surface area contributed by atoms with Gasteiger partial charge in [0.1, 0.15) is 17.5 Å². The standard InChI is InChI=1S/C32H34N6O3/c1-19-10-11-24(16-33)28(15-19)36-12-13-37(21(3)18-36)29-22(4)31(39)38-17-20(2)14-26(30(38)35-29)23(5)34-27-9-7-6-8-25(27)32(40)41/h6-11,14-15,17,21,23,34H,12-13,18H2,1-5H3,(H,40,41)/t21-,23-/m1/s1. The lowest BCUT2D eigenvalue weighted by Crippen LogP contribution is -2.53. The minimum absolute atomic E-state index is 0.0377. The Bertz CT molecular complexity index is 1760. The number of carbonyl (C=O) groups is 1. The van der Waals surface area contributed by atoms with Gasteiger partial charge in [-0.1, -0.05) is 18.2 Å². The average Bonchev–Trinajstić information content (AvgIpc) is 2.95. The van der Waals surface area contributed by atoms with Gasteiger partial charge in [0.05, 0.1) is 28.4 Å². The first-order chi connectivity index (χ1) is 19.6. The fourth-order valence-corrected chi connectivity index (χ4v) is 5.68. The second-order valence-electron chi connectivity index (χ2n) is 10.9. The van der Waals surface area contributed by atoms with Crippen LogP contribution < -0.4 is 20.7 Å². The quantitative estimate of drug-likeness (QED) is 0.342. The Hall–Kier alpha value is -4.84. The van der Waals surface area contributed by atoms with Crippen molar-refractivity contribution in [3.05, 3.63) is 98.5 Å². The monoisotopic (exact) mass is 550 g/mol. The predicted molar refractivity (Wildman–Crippen MR) is 161 cm³/mol. The fraction of sp³-hybridized carbons (Fsp3) is 0.312. The van der Waals surface area contributed by atoms with Gasteiger partial charge in [0, 0.05) is 43.1 Å². The zero-order chi connectivity index (χ0) is 29.4. The van der Waals surface area contributed by atoms with Gasteiger partial charge in [-0.25, -0.2) is 9.78 Å². The summed E-state index contributed by atoms with van der Waals surface area (Å²) in [5.41, 5.74) is 6.04. The second kappa shape index (κ2) is 11.0. The van der Waals surface area contributed by atoms with Crippen molar-refractivity contribution in [2.24, 2.45) is 0 Å². The fourth-order valence-electron chi connectivity index (χ4n) is 5.68. The number of benzene rings is 2. The second-order valence-corrected chi connectivity index (χ2v) is 10.9. The molecule has 1 saturated heterocycles. The number of aryl methyl sites for hydroxylation is 2. The third kappa shape index (κ3) is 5.21. The normalized spacial score (nSPS) is 16.0. The molecule has 0 bridgehead atoms. The lowest BCUT2D eigenvalue weighted by atomic mass is 10.1. The number of hydrogen-bond acceptors (Lipinski definition) is 7. The van der Waals surface area contributed by atoms with E-state index in [2.05, 4.69) is 34.2 Å². The number of aromatic carboxylic acids is 1. The molecule has 2 aromatic heterocycles. The Balaban J connectivity index is 1.52. The van der Waals surface area contributed by atoms with E-state index in [1.165, 1.54) is 0 Å². The molecule has 0 saturated carbocycles. The SMILES string of the molecule is Cc1ccc(C#N)c(N2CCN(c3nc4c([C@@H](C)Nc5ccccc5C(=O)O)cc(C)cn4c(=O)c3C)[C@H](C)C2)c1. The van der Waals surface area contributed by atoms with Gasteiger partial charge >= 0.3 is 5.97 Å². The Kier molecular flexibility index (Phi) is 7.41. The van der Waals surface area contributed by atoms with Gasteiger partial charge in [-0.3, -0.25) is 9.20 Å². The van der Waals surface area contributed by atoms with E-state index in [-0.39, 0.29) is 23.2 Å². The average molecular weight is 551 g/mol. The molecule has 4 aromatic rings. The molecule has 1 fully saturated rings. The van der Waals surface area contributed by atoms with Gasteiger partial charge in [0.15, 0.2) is 0 Å². The number of nitriles is 1. The van der Waals surface area contributed by atoms with Crippen LogP contribution in [0.4, 0.5) is 17.2 Å². The van der Waals surface area contributed by atoms with Crippen molar-refractivity contribution in [3.8, 4) is 6.07 Å². The minimum atomic E-state index is -1.01. The predicted octanol–water partition coefficient (Wildman–Crippen LogP) is 5.08. The van der Waals surface area contributed by atoms with E-state index in [1.807, 2.05) is 45.9 Å². The molecule has 9 nitrogen and oxygen atoms in total. The molecule has 0 radical (unpaired) electrons. The third-order valence-electron chi connectivity index (χ3n) is 7.80. The molecule has 2 atom stereocenters. The topological polar surface area (TPSA) is 114 Å². The molecule has 0 spiro atoms. The smallest absolute Gasteiger partial charge is 0.337 e. The van der Waals surface area contributed by atoms with Crippen molar-refractivity contribution in [2.75, 3.05) is 34.8 Å². The van der Waals surface area contributed by atoms with Gasteiger partial charge in [-0.05, 0) is 76.1 Å². The van der Waals surface area contributed by atoms with E-state index in [0.717, 1.165) is 22.4 Å². The third-order valence-corrected chi connectivity index (χ3v) is 7.80. The van der Waals surface area contributed by atoms with Crippen LogP contribution in [0.3, 0.4) is 0 Å². The zero-order valence-electron chi connectivity index (χ0n) is 24.0. The summed E-state index contributed by atoms with van der Waals surface area (Å²) in [4.78, 5) is 35.0. The first kappa shape index (κ1) is 27.7. The van der Waals surface area contributed by atoms with Crippen LogP contribution >= 0.6 is 0 Å². The number of hydrogen-bond donors (Lipinski definition) is 2. The molecule has 0 aliphatic carbocycles. The summed E-state index contributed by atoms with van der Waals surface area (Å²) < 4.78 is 1.59. The summed E-state index contributed by atoms with van der Waals surface area (Å²) in [6, 6.07) is 16.7. The van der Waals surface area contributed by atoms with E-state index in [0.29, 0.717) is 47.9 Å². The van der Waals surface area contributed by atoms with Gasteiger partial charge in [0.2, 0.25) is 0 Å². The van der Waals surface area contributed by atoms with E-state index in [9.17, 15) is 20.0 Å². The van der Waals surface area contributed by atoms with Crippen LogP contribution in [-0.2, 0) is 0 Å². The van der Waals surface area contributed by atoms with E-state index >= 15 is 0 Å². The van der Waals surface area contributed by atoms with E-state index < -0.39 is 5.97 Å².